The fraction of sp³-hybridized carbons (Fsp3) is 0.464. The maximum absolute atomic E-state index is 16.1. The molecule has 2 atom stereocenters. The van der Waals surface area contributed by atoms with Crippen LogP contribution in [0.25, 0.3) is 10.9 Å². The summed E-state index contributed by atoms with van der Waals surface area (Å²) in [5.41, 5.74) is -7.09. The van der Waals surface area contributed by atoms with Crippen molar-refractivity contribution < 1.29 is 54.1 Å². The largest absolute Gasteiger partial charge is 0.586 e. The molecule has 1 fully saturated rings. The second-order valence-corrected chi connectivity index (χ2v) is 9.18. The number of fused-ring (bicyclic) bond motifs is 2. The van der Waals surface area contributed by atoms with Gasteiger partial charge in [0, 0.05) is 29.8 Å². The fourth-order valence-electron chi connectivity index (χ4n) is 4.27. The van der Waals surface area contributed by atoms with Crippen molar-refractivity contribution in [2.75, 3.05) is 6.61 Å². The van der Waals surface area contributed by atoms with Gasteiger partial charge in [-0.3, -0.25) is 4.79 Å². The first-order chi connectivity index (χ1) is 22.2. The number of hydrogen-bond acceptors (Lipinski definition) is 5. The molecular formula is C28H30F3NO5. The molecule has 2 aliphatic rings. The molecular weight excluding hydrogens is 487 g/mol. The number of halogens is 3. The summed E-state index contributed by atoms with van der Waals surface area (Å²) in [6.07, 6.45) is -10.9. The Morgan fingerprint density at radius 2 is 2.03 bits per heavy atom. The van der Waals surface area contributed by atoms with Gasteiger partial charge in [-0.1, -0.05) is 26.7 Å². The van der Waals surface area contributed by atoms with E-state index in [-0.39, 0.29) is 12.8 Å². The van der Waals surface area contributed by atoms with Crippen LogP contribution < -0.4 is 9.47 Å². The molecule has 0 bridgehead atoms. The van der Waals surface area contributed by atoms with Gasteiger partial charge in [-0.15, -0.1) is 8.78 Å². The number of aliphatic hydroxyl groups is 2. The highest BCUT2D eigenvalue weighted by Crippen LogP contribution is 2.52. The number of carbonyl (C=O) groups excluding carboxylic acids is 1. The van der Waals surface area contributed by atoms with Crippen LogP contribution in [0.5, 0.6) is 11.5 Å². The van der Waals surface area contributed by atoms with Crippen LogP contribution in [0.1, 0.15) is 73.2 Å². The lowest BCUT2D eigenvalue weighted by Crippen LogP contribution is -2.26. The molecule has 5 rings (SSSR count). The quantitative estimate of drug-likeness (QED) is 0.409. The monoisotopic (exact) mass is 529 g/mol. The van der Waals surface area contributed by atoms with Gasteiger partial charge in [0.05, 0.1) is 39.8 Å². The number of Topliss-reactive ketones (excluding diaryl/α,β-unsaturated/α-hetero) is 1. The molecule has 2 N–H and O–H groups in total. The van der Waals surface area contributed by atoms with Gasteiger partial charge >= 0.3 is 6.29 Å². The lowest BCUT2D eigenvalue weighted by atomic mass is 9.86. The van der Waals surface area contributed by atoms with Gasteiger partial charge in [0.1, 0.15) is 11.6 Å². The third kappa shape index (κ3) is 4.48. The van der Waals surface area contributed by atoms with E-state index in [2.05, 4.69) is 9.47 Å². The van der Waals surface area contributed by atoms with Crippen LogP contribution in [0.3, 0.4) is 0 Å². The number of aromatic nitrogens is 1. The molecule has 2 aromatic carbocycles. The van der Waals surface area contributed by atoms with Crippen molar-refractivity contribution in [1.82, 2.24) is 4.57 Å². The predicted molar refractivity (Wildman–Crippen MR) is 131 cm³/mol. The van der Waals surface area contributed by atoms with Crippen molar-refractivity contribution >= 4 is 16.7 Å². The van der Waals surface area contributed by atoms with Crippen molar-refractivity contribution in [2.24, 2.45) is 0 Å². The number of ether oxygens (including phenoxy) is 2. The molecule has 6 nitrogen and oxygen atoms in total. The van der Waals surface area contributed by atoms with Gasteiger partial charge in [0.2, 0.25) is 0 Å². The van der Waals surface area contributed by atoms with E-state index in [1.54, 1.807) is 0 Å². The number of aliphatic hydroxyl groups excluding tert-OH is 1. The normalized spacial score (nSPS) is 25.8. The van der Waals surface area contributed by atoms with Crippen LogP contribution in [0, 0.1) is 5.82 Å². The minimum absolute atomic E-state index is 0.0695. The summed E-state index contributed by atoms with van der Waals surface area (Å²) in [5.74, 6) is -4.20. The van der Waals surface area contributed by atoms with E-state index < -0.39 is 143 Å². The molecule has 9 heteroatoms. The topological polar surface area (TPSA) is 80.9 Å². The minimum Gasteiger partial charge on any atom is -0.395 e. The number of nitrogens with zero attached hydrogens (tertiary/aromatic N) is 1. The molecule has 198 valence electrons. The number of hydrogen-bond donors (Lipinski definition) is 2. The smallest absolute Gasteiger partial charge is 0.395 e. The van der Waals surface area contributed by atoms with E-state index >= 15 is 4.39 Å². The molecule has 0 spiro atoms. The zero-order valence-electron chi connectivity index (χ0n) is 31.7. The van der Waals surface area contributed by atoms with Crippen molar-refractivity contribution in [3.63, 3.8) is 0 Å². The number of benzene rings is 2. The van der Waals surface area contributed by atoms with Gasteiger partial charge in [0.15, 0.2) is 11.5 Å². The molecule has 1 aliphatic heterocycles. The summed E-state index contributed by atoms with van der Waals surface area (Å²) in [7, 11) is 0. The van der Waals surface area contributed by atoms with Crippen molar-refractivity contribution in [3.05, 3.63) is 58.9 Å². The maximum Gasteiger partial charge on any atom is 0.586 e. The fourth-order valence-corrected chi connectivity index (χ4v) is 4.27. The first kappa shape index (κ1) is 14.8. The Morgan fingerprint density at radius 1 is 1.30 bits per heavy atom. The van der Waals surface area contributed by atoms with E-state index in [1.807, 2.05) is 0 Å². The van der Waals surface area contributed by atoms with Crippen LogP contribution in [-0.2, 0) is 28.6 Å². The summed E-state index contributed by atoms with van der Waals surface area (Å²) in [5, 5.41) is 19.4. The Labute approximate surface area is 229 Å². The third-order valence-corrected chi connectivity index (χ3v) is 6.57. The molecule has 37 heavy (non-hydrogen) atoms. The van der Waals surface area contributed by atoms with Gasteiger partial charge in [-0.25, -0.2) is 4.39 Å². The van der Waals surface area contributed by atoms with Gasteiger partial charge < -0.3 is 24.3 Å². The molecule has 3 aromatic rings. The standard InChI is InChI=1S/C28H30F3NO5/c1-4-26(2,3)24-10-17-9-16(20(29)13-21(17)32(24)14-19(34)15-33)11-25(35)27(7-8-27)18-5-6-22-23(12-18)37-28(30,31)36-22/h5-6,9-10,12-13,19,33-34H,4,7-8,11,14-15H2,1-3H3/t19-/m0/s1/i2D3,4D2,5D,6D,9D,10D,12D,13D,19D/t19-,26?. The Morgan fingerprint density at radius 3 is 2.68 bits per heavy atom. The van der Waals surface area contributed by atoms with E-state index in [9.17, 15) is 23.8 Å². The summed E-state index contributed by atoms with van der Waals surface area (Å²) in [6, 6.07) is -5.40. The van der Waals surface area contributed by atoms with Crippen molar-refractivity contribution in [2.45, 2.75) is 76.1 Å². The van der Waals surface area contributed by atoms with Crippen molar-refractivity contribution in [1.29, 1.82) is 0 Å². The number of rotatable bonds is 9. The Bertz CT molecular complexity index is 1900. The Kier molecular flexibility index (Phi) is 3.50. The van der Waals surface area contributed by atoms with E-state index in [0.29, 0.717) is 4.57 Å². The van der Waals surface area contributed by atoms with Crippen LogP contribution in [-0.4, -0.2) is 39.5 Å². The SMILES string of the molecule is [2H]c1c([2H])c(C2(C(=O)Cc3c(F)c([2H])c4c(c3[2H])c([2H])c(C(C)(C([2H])([2H])[2H])C([2H])([2H])C)n4C[C@]([2H])(O)CO)CC2)c([2H])c2c1OC(F)(F)O2. The average Bonchev–Trinajstić information content (AvgIpc) is 3.62. The Balaban J connectivity index is 1.73. The summed E-state index contributed by atoms with van der Waals surface area (Å²) >= 11 is 0. The van der Waals surface area contributed by atoms with Crippen molar-refractivity contribution in [3.8, 4) is 11.5 Å². The van der Waals surface area contributed by atoms with E-state index in [0.717, 1.165) is 13.8 Å². The van der Waals surface area contributed by atoms with Crippen LogP contribution >= 0.6 is 0 Å². The lowest BCUT2D eigenvalue weighted by molar-refractivity contribution is -0.286. The van der Waals surface area contributed by atoms with Gasteiger partial charge in [-0.2, -0.15) is 0 Å². The summed E-state index contributed by atoms with van der Waals surface area (Å²) in [4.78, 5) is 13.9. The average molecular weight is 530 g/mol. The lowest BCUT2D eigenvalue weighted by Gasteiger charge is -2.26. The maximum atomic E-state index is 16.1. The zero-order chi connectivity index (χ0) is 37.2. The third-order valence-electron chi connectivity index (χ3n) is 6.57. The zero-order valence-corrected chi connectivity index (χ0v) is 19.7. The highest BCUT2D eigenvalue weighted by Gasteiger charge is 2.52. The molecule has 0 amide bonds. The van der Waals surface area contributed by atoms with Gasteiger partial charge in [-0.05, 0) is 60.6 Å². The first-order valence-electron chi connectivity index (χ1n) is 17.3. The molecule has 2 heterocycles. The molecule has 1 aromatic heterocycles. The highest BCUT2D eigenvalue weighted by molar-refractivity contribution is 5.95. The van der Waals surface area contributed by atoms with E-state index in [4.69, 9.17) is 16.4 Å². The highest BCUT2D eigenvalue weighted by atomic mass is 19.3. The summed E-state index contributed by atoms with van der Waals surface area (Å²) in [6.45, 7) is -3.77. The second-order valence-electron chi connectivity index (χ2n) is 9.18. The second kappa shape index (κ2) is 8.77. The molecule has 1 saturated carbocycles. The number of ketones is 1. The van der Waals surface area contributed by atoms with Crippen LogP contribution in [0.2, 0.25) is 0 Å². The number of alkyl halides is 2. The van der Waals surface area contributed by atoms with E-state index in [1.165, 1.54) is 0 Å². The predicted octanol–water partition coefficient (Wildman–Crippen LogP) is 4.99. The van der Waals surface area contributed by atoms with Crippen LogP contribution in [0.4, 0.5) is 13.2 Å². The summed E-state index contributed by atoms with van der Waals surface area (Å²) < 4.78 is 154. The van der Waals surface area contributed by atoms with Gasteiger partial charge in [0.25, 0.3) is 0 Å². The molecule has 1 unspecified atom stereocenters. The molecule has 1 aliphatic carbocycles. The van der Waals surface area contributed by atoms with Crippen LogP contribution in [0.15, 0.2) is 36.3 Å². The molecule has 0 radical (unpaired) electrons. The minimum atomic E-state index is -4.24. The number of carbonyl (C=O) groups is 1. The Hall–Kier alpha value is -3.04. The first-order valence-corrected chi connectivity index (χ1v) is 11.3. The molecule has 0 saturated heterocycles.